The quantitative estimate of drug-likeness (QED) is 0.797. The fourth-order valence-corrected chi connectivity index (χ4v) is 3.56. The number of likely N-dealkylation sites (tertiary alicyclic amines) is 1. The van der Waals surface area contributed by atoms with Crippen molar-refractivity contribution >= 4 is 23.8 Å². The molecule has 2 saturated heterocycles. The molecule has 2 fully saturated rings. The summed E-state index contributed by atoms with van der Waals surface area (Å²) in [6.45, 7) is 1.02. The van der Waals surface area contributed by atoms with Crippen LogP contribution in [0.4, 0.5) is 4.79 Å². The number of hydrogen-bond donors (Lipinski definition) is 2. The lowest BCUT2D eigenvalue weighted by molar-refractivity contribution is -0.143. The number of carbonyl (C=O) groups is 2. The van der Waals surface area contributed by atoms with Gasteiger partial charge in [-0.3, -0.25) is 4.79 Å². The topological polar surface area (TPSA) is 69.6 Å². The Kier molecular flexibility index (Phi) is 4.74. The summed E-state index contributed by atoms with van der Waals surface area (Å²) in [5.41, 5.74) is 0. The fourth-order valence-electron chi connectivity index (χ4n) is 2.48. The van der Waals surface area contributed by atoms with Crippen molar-refractivity contribution in [1.29, 1.82) is 0 Å². The summed E-state index contributed by atoms with van der Waals surface area (Å²) in [6, 6.07) is 0.162. The van der Waals surface area contributed by atoms with E-state index in [0.29, 0.717) is 19.5 Å². The third-order valence-corrected chi connectivity index (χ3v) is 4.76. The predicted molar refractivity (Wildman–Crippen MR) is 70.8 cm³/mol. The number of amides is 2. The van der Waals surface area contributed by atoms with Crippen LogP contribution in [-0.2, 0) is 4.79 Å². The van der Waals surface area contributed by atoms with E-state index in [1.165, 1.54) is 5.75 Å². The summed E-state index contributed by atoms with van der Waals surface area (Å²) in [5, 5.41) is 12.0. The summed E-state index contributed by atoms with van der Waals surface area (Å²) in [4.78, 5) is 24.7. The van der Waals surface area contributed by atoms with Gasteiger partial charge in [-0.25, -0.2) is 4.79 Å². The van der Waals surface area contributed by atoms with Crippen LogP contribution in [-0.4, -0.2) is 52.6 Å². The van der Waals surface area contributed by atoms with E-state index in [0.717, 1.165) is 25.0 Å². The van der Waals surface area contributed by atoms with Crippen molar-refractivity contribution in [2.24, 2.45) is 5.92 Å². The Morgan fingerprint density at radius 3 is 2.78 bits per heavy atom. The highest BCUT2D eigenvalue weighted by Crippen LogP contribution is 2.19. The van der Waals surface area contributed by atoms with Crippen LogP contribution in [0.1, 0.15) is 25.7 Å². The lowest BCUT2D eigenvalue weighted by Gasteiger charge is -2.33. The molecule has 0 spiro atoms. The van der Waals surface area contributed by atoms with E-state index in [9.17, 15) is 9.59 Å². The third kappa shape index (κ3) is 3.54. The molecule has 0 radical (unpaired) electrons. The van der Waals surface area contributed by atoms with Gasteiger partial charge in [0.05, 0.1) is 5.92 Å². The number of hydrogen-bond acceptors (Lipinski definition) is 3. The maximum atomic E-state index is 12.0. The zero-order valence-corrected chi connectivity index (χ0v) is 11.2. The molecule has 6 heteroatoms. The van der Waals surface area contributed by atoms with Gasteiger partial charge >= 0.3 is 12.0 Å². The van der Waals surface area contributed by atoms with Crippen LogP contribution in [0.2, 0.25) is 0 Å². The van der Waals surface area contributed by atoms with Gasteiger partial charge < -0.3 is 15.3 Å². The van der Waals surface area contributed by atoms with Gasteiger partial charge in [0.1, 0.15) is 0 Å². The molecule has 5 nitrogen and oxygen atoms in total. The maximum Gasteiger partial charge on any atom is 0.317 e. The SMILES string of the molecule is O=C(O)C1CCCN(C(=O)NC2CCCSC2)C1. The summed E-state index contributed by atoms with van der Waals surface area (Å²) in [7, 11) is 0. The Bertz CT molecular complexity index is 318. The molecule has 2 N–H and O–H groups in total. The van der Waals surface area contributed by atoms with Crippen LogP contribution in [0.3, 0.4) is 0 Å². The highest BCUT2D eigenvalue weighted by atomic mass is 32.2. The van der Waals surface area contributed by atoms with Crippen molar-refractivity contribution < 1.29 is 14.7 Å². The Morgan fingerprint density at radius 1 is 1.28 bits per heavy atom. The van der Waals surface area contributed by atoms with E-state index in [2.05, 4.69) is 5.32 Å². The molecular formula is C12H20N2O3S. The Labute approximate surface area is 111 Å². The first kappa shape index (κ1) is 13.5. The second kappa shape index (κ2) is 6.31. The van der Waals surface area contributed by atoms with Crippen molar-refractivity contribution in [3.05, 3.63) is 0 Å². The minimum absolute atomic E-state index is 0.0894. The fraction of sp³-hybridized carbons (Fsp3) is 0.833. The predicted octanol–water partition coefficient (Wildman–Crippen LogP) is 1.39. The Hall–Kier alpha value is -0.910. The summed E-state index contributed by atoms with van der Waals surface area (Å²) in [5.74, 6) is 0.963. The average Bonchev–Trinajstić information content (AvgIpc) is 2.40. The zero-order chi connectivity index (χ0) is 13.0. The Morgan fingerprint density at radius 2 is 2.11 bits per heavy atom. The summed E-state index contributed by atoms with van der Waals surface area (Å²) >= 11 is 1.87. The first-order valence-electron chi connectivity index (χ1n) is 6.53. The van der Waals surface area contributed by atoms with E-state index >= 15 is 0 Å². The molecule has 2 rings (SSSR count). The lowest BCUT2D eigenvalue weighted by Crippen LogP contribution is -2.50. The van der Waals surface area contributed by atoms with Gasteiger partial charge in [0.15, 0.2) is 0 Å². The number of thioether (sulfide) groups is 1. The maximum absolute atomic E-state index is 12.0. The van der Waals surface area contributed by atoms with Crippen LogP contribution in [0.15, 0.2) is 0 Å². The molecule has 0 saturated carbocycles. The largest absolute Gasteiger partial charge is 0.481 e. The number of aliphatic carboxylic acids is 1. The first-order valence-corrected chi connectivity index (χ1v) is 7.68. The number of carbonyl (C=O) groups excluding carboxylic acids is 1. The molecule has 2 heterocycles. The highest BCUT2D eigenvalue weighted by molar-refractivity contribution is 7.99. The van der Waals surface area contributed by atoms with Gasteiger partial charge in [0, 0.05) is 24.9 Å². The molecule has 18 heavy (non-hydrogen) atoms. The number of rotatable bonds is 2. The van der Waals surface area contributed by atoms with Crippen molar-refractivity contribution in [3.63, 3.8) is 0 Å². The van der Waals surface area contributed by atoms with E-state index in [-0.39, 0.29) is 12.1 Å². The van der Waals surface area contributed by atoms with Crippen LogP contribution < -0.4 is 5.32 Å². The number of nitrogens with zero attached hydrogens (tertiary/aromatic N) is 1. The number of piperidine rings is 1. The molecule has 102 valence electrons. The molecule has 0 aliphatic carbocycles. The second-order valence-corrected chi connectivity index (χ2v) is 6.14. The van der Waals surface area contributed by atoms with Crippen LogP contribution in [0.5, 0.6) is 0 Å². The molecule has 0 aromatic rings. The molecule has 2 aliphatic rings. The van der Waals surface area contributed by atoms with Gasteiger partial charge in [-0.2, -0.15) is 11.8 Å². The van der Waals surface area contributed by atoms with Crippen LogP contribution >= 0.6 is 11.8 Å². The molecule has 2 atom stereocenters. The average molecular weight is 272 g/mol. The van der Waals surface area contributed by atoms with Gasteiger partial charge in [-0.05, 0) is 31.4 Å². The highest BCUT2D eigenvalue weighted by Gasteiger charge is 2.29. The molecule has 0 bridgehead atoms. The third-order valence-electron chi connectivity index (χ3n) is 3.55. The van der Waals surface area contributed by atoms with Gasteiger partial charge in [-0.15, -0.1) is 0 Å². The normalized spacial score (nSPS) is 28.8. The standard InChI is InChI=1S/C12H20N2O3S/c15-11(16)9-3-1-5-14(7-9)12(17)13-10-4-2-6-18-8-10/h9-10H,1-8H2,(H,13,17)(H,15,16). The van der Waals surface area contributed by atoms with E-state index in [1.807, 2.05) is 11.8 Å². The molecule has 2 aliphatic heterocycles. The first-order chi connectivity index (χ1) is 8.66. The molecule has 0 aromatic heterocycles. The summed E-state index contributed by atoms with van der Waals surface area (Å²) < 4.78 is 0. The second-order valence-electron chi connectivity index (χ2n) is 4.99. The molecule has 2 unspecified atom stereocenters. The van der Waals surface area contributed by atoms with E-state index in [4.69, 9.17) is 5.11 Å². The van der Waals surface area contributed by atoms with Crippen LogP contribution in [0.25, 0.3) is 0 Å². The van der Waals surface area contributed by atoms with Gasteiger partial charge in [-0.1, -0.05) is 0 Å². The summed E-state index contributed by atoms with van der Waals surface area (Å²) in [6.07, 6.45) is 3.64. The van der Waals surface area contributed by atoms with Gasteiger partial charge in [0.25, 0.3) is 0 Å². The Balaban J connectivity index is 1.82. The smallest absolute Gasteiger partial charge is 0.317 e. The van der Waals surface area contributed by atoms with E-state index < -0.39 is 11.9 Å². The van der Waals surface area contributed by atoms with Crippen LogP contribution in [0, 0.1) is 5.92 Å². The van der Waals surface area contributed by atoms with Crippen molar-refractivity contribution in [2.75, 3.05) is 24.6 Å². The molecule has 0 aromatic carbocycles. The van der Waals surface area contributed by atoms with Gasteiger partial charge in [0.2, 0.25) is 0 Å². The lowest BCUT2D eigenvalue weighted by atomic mass is 9.99. The number of urea groups is 1. The number of nitrogens with one attached hydrogen (secondary N) is 1. The van der Waals surface area contributed by atoms with Crippen molar-refractivity contribution in [1.82, 2.24) is 10.2 Å². The zero-order valence-electron chi connectivity index (χ0n) is 10.4. The molecular weight excluding hydrogens is 252 g/mol. The molecule has 2 amide bonds. The number of carboxylic acids is 1. The minimum atomic E-state index is -0.791. The van der Waals surface area contributed by atoms with Crippen molar-refractivity contribution in [2.45, 2.75) is 31.7 Å². The minimum Gasteiger partial charge on any atom is -0.481 e. The monoisotopic (exact) mass is 272 g/mol. The van der Waals surface area contributed by atoms with Crippen molar-refractivity contribution in [3.8, 4) is 0 Å². The van der Waals surface area contributed by atoms with E-state index in [1.54, 1.807) is 4.90 Å². The number of carboxylic acid groups (broad SMARTS) is 1.